The van der Waals surface area contributed by atoms with E-state index in [2.05, 4.69) is 10.4 Å². The molecule has 0 amide bonds. The van der Waals surface area contributed by atoms with Crippen LogP contribution in [0.15, 0.2) is 22.5 Å². The third-order valence-electron chi connectivity index (χ3n) is 3.91. The first-order valence-corrected chi connectivity index (χ1v) is 8.97. The Bertz CT molecular complexity index is 738. The topological polar surface area (TPSA) is 81.1 Å². The van der Waals surface area contributed by atoms with Crippen LogP contribution in [0.25, 0.3) is 0 Å². The van der Waals surface area contributed by atoms with Gasteiger partial charge in [0.15, 0.2) is 9.84 Å². The minimum Gasteiger partial charge on any atom is -0.372 e. The molecule has 0 aromatic carbocycles. The predicted octanol–water partition coefficient (Wildman–Crippen LogP) is 1.42. The molecule has 21 heavy (non-hydrogen) atoms. The van der Waals surface area contributed by atoms with Crippen molar-refractivity contribution in [3.05, 3.63) is 33.1 Å². The number of hydrogen-bond acceptors (Lipinski definition) is 5. The summed E-state index contributed by atoms with van der Waals surface area (Å²) < 4.78 is 24.2. The number of halogens is 1. The van der Waals surface area contributed by atoms with Crippen molar-refractivity contribution in [3.8, 4) is 0 Å². The lowest BCUT2D eigenvalue weighted by Gasteiger charge is -2.25. The Balaban J connectivity index is 1.82. The maximum absolute atomic E-state index is 12.4. The molecule has 1 aliphatic heterocycles. The molecule has 1 aromatic heterocycles. The van der Waals surface area contributed by atoms with Gasteiger partial charge in [0.1, 0.15) is 5.69 Å². The normalized spacial score (nSPS) is 24.0. The van der Waals surface area contributed by atoms with E-state index in [1.54, 1.807) is 0 Å². The van der Waals surface area contributed by atoms with Crippen LogP contribution in [-0.2, 0) is 16.4 Å². The van der Waals surface area contributed by atoms with E-state index in [0.717, 1.165) is 18.2 Å². The van der Waals surface area contributed by atoms with Gasteiger partial charge in [-0.15, -0.1) is 0 Å². The summed E-state index contributed by atoms with van der Waals surface area (Å²) in [4.78, 5) is 12.4. The van der Waals surface area contributed by atoms with Crippen LogP contribution in [0.5, 0.6) is 0 Å². The summed E-state index contributed by atoms with van der Waals surface area (Å²) >= 11 is 6.02. The molecule has 3 rings (SSSR count). The molecule has 1 saturated carbocycles. The zero-order valence-electron chi connectivity index (χ0n) is 11.3. The van der Waals surface area contributed by atoms with Gasteiger partial charge in [0.25, 0.3) is 5.56 Å². The van der Waals surface area contributed by atoms with Gasteiger partial charge in [0.05, 0.1) is 23.0 Å². The summed E-state index contributed by atoms with van der Waals surface area (Å²) in [5.74, 6) is 0.434. The van der Waals surface area contributed by atoms with E-state index in [9.17, 15) is 13.2 Å². The SMILES string of the molecule is O=c1c(NC2C=CS(=O)(=O)C2)c(Cl)cnn1CC1CCC1. The van der Waals surface area contributed by atoms with Crippen LogP contribution in [0.4, 0.5) is 5.69 Å². The largest absolute Gasteiger partial charge is 0.372 e. The third kappa shape index (κ3) is 3.13. The van der Waals surface area contributed by atoms with Crippen molar-refractivity contribution in [1.29, 1.82) is 0 Å². The number of aromatic nitrogens is 2. The lowest BCUT2D eigenvalue weighted by Crippen LogP contribution is -2.33. The molecule has 0 saturated heterocycles. The average Bonchev–Trinajstić information content (AvgIpc) is 2.71. The molecule has 1 unspecified atom stereocenters. The zero-order valence-corrected chi connectivity index (χ0v) is 12.9. The second-order valence-corrected chi connectivity index (χ2v) is 7.90. The Hall–Kier alpha value is -1.34. The van der Waals surface area contributed by atoms with E-state index in [1.165, 1.54) is 23.4 Å². The van der Waals surface area contributed by atoms with Crippen LogP contribution in [-0.4, -0.2) is 30.0 Å². The van der Waals surface area contributed by atoms with Gasteiger partial charge < -0.3 is 5.32 Å². The molecule has 1 aromatic rings. The molecule has 2 heterocycles. The molecule has 0 spiro atoms. The summed E-state index contributed by atoms with van der Waals surface area (Å²) in [6.07, 6.45) is 6.38. The lowest BCUT2D eigenvalue weighted by molar-refractivity contribution is 0.262. The first kappa shape index (κ1) is 14.6. The van der Waals surface area contributed by atoms with Crippen molar-refractivity contribution in [2.24, 2.45) is 5.92 Å². The highest BCUT2D eigenvalue weighted by Crippen LogP contribution is 2.27. The Morgan fingerprint density at radius 3 is 2.76 bits per heavy atom. The van der Waals surface area contributed by atoms with Crippen molar-refractivity contribution in [2.75, 3.05) is 11.1 Å². The summed E-state index contributed by atoms with van der Waals surface area (Å²) in [6.45, 7) is 0.587. The second-order valence-electron chi connectivity index (χ2n) is 5.56. The lowest BCUT2D eigenvalue weighted by atomic mass is 9.85. The molecular formula is C13H16ClN3O3S. The minimum absolute atomic E-state index is 0.0618. The molecule has 8 heteroatoms. The molecule has 0 radical (unpaired) electrons. The molecule has 2 aliphatic rings. The number of nitrogens with one attached hydrogen (secondary N) is 1. The highest BCUT2D eigenvalue weighted by molar-refractivity contribution is 7.94. The van der Waals surface area contributed by atoms with Gasteiger partial charge in [-0.05, 0) is 18.8 Å². The molecule has 1 aliphatic carbocycles. The first-order valence-electron chi connectivity index (χ1n) is 6.88. The highest BCUT2D eigenvalue weighted by atomic mass is 35.5. The Morgan fingerprint density at radius 2 is 2.19 bits per heavy atom. The Kier molecular flexibility index (Phi) is 3.79. The van der Waals surface area contributed by atoms with E-state index in [4.69, 9.17) is 11.6 Å². The number of rotatable bonds is 4. The first-order chi connectivity index (χ1) is 9.94. The molecule has 1 atom stereocenters. The van der Waals surface area contributed by atoms with Gasteiger partial charge >= 0.3 is 0 Å². The quantitative estimate of drug-likeness (QED) is 0.903. The van der Waals surface area contributed by atoms with Crippen LogP contribution in [0, 0.1) is 5.92 Å². The molecule has 6 nitrogen and oxygen atoms in total. The Labute approximate surface area is 127 Å². The van der Waals surface area contributed by atoms with Crippen LogP contribution in [0.1, 0.15) is 19.3 Å². The maximum Gasteiger partial charge on any atom is 0.291 e. The van der Waals surface area contributed by atoms with Crippen LogP contribution >= 0.6 is 11.6 Å². The van der Waals surface area contributed by atoms with Gasteiger partial charge in [-0.2, -0.15) is 5.10 Å². The average molecular weight is 330 g/mol. The molecular weight excluding hydrogens is 314 g/mol. The summed E-state index contributed by atoms with van der Waals surface area (Å²) in [6, 6.07) is -0.431. The van der Waals surface area contributed by atoms with E-state index < -0.39 is 15.9 Å². The fraction of sp³-hybridized carbons (Fsp3) is 0.538. The van der Waals surface area contributed by atoms with Crippen molar-refractivity contribution >= 4 is 27.1 Å². The summed E-state index contributed by atoms with van der Waals surface area (Å²) in [5, 5.41) is 8.34. The summed E-state index contributed by atoms with van der Waals surface area (Å²) in [5.41, 5.74) is -0.0789. The van der Waals surface area contributed by atoms with Crippen molar-refractivity contribution in [2.45, 2.75) is 31.8 Å². The zero-order chi connectivity index (χ0) is 15.0. The van der Waals surface area contributed by atoms with Gasteiger partial charge in [-0.25, -0.2) is 13.1 Å². The van der Waals surface area contributed by atoms with Crippen LogP contribution in [0.2, 0.25) is 5.02 Å². The molecule has 114 valence electrons. The fourth-order valence-corrected chi connectivity index (χ4v) is 3.91. The van der Waals surface area contributed by atoms with E-state index in [0.29, 0.717) is 12.5 Å². The van der Waals surface area contributed by atoms with Gasteiger partial charge in [-0.1, -0.05) is 24.1 Å². The summed E-state index contributed by atoms with van der Waals surface area (Å²) in [7, 11) is -3.18. The highest BCUT2D eigenvalue weighted by Gasteiger charge is 2.24. The number of nitrogens with zero attached hydrogens (tertiary/aromatic N) is 2. The van der Waals surface area contributed by atoms with E-state index in [-0.39, 0.29) is 22.0 Å². The van der Waals surface area contributed by atoms with Crippen molar-refractivity contribution in [1.82, 2.24) is 9.78 Å². The standard InChI is InChI=1S/C13H16ClN3O3S/c14-11-6-15-17(7-9-2-1-3-9)13(18)12(11)16-10-4-5-21(19,20)8-10/h4-6,9-10,16H,1-3,7-8H2. The van der Waals surface area contributed by atoms with E-state index >= 15 is 0 Å². The van der Waals surface area contributed by atoms with Crippen LogP contribution in [0.3, 0.4) is 0 Å². The van der Waals surface area contributed by atoms with Crippen molar-refractivity contribution < 1.29 is 8.42 Å². The number of sulfone groups is 1. The monoisotopic (exact) mass is 329 g/mol. The van der Waals surface area contributed by atoms with Crippen LogP contribution < -0.4 is 10.9 Å². The number of anilines is 1. The predicted molar refractivity (Wildman–Crippen MR) is 81.2 cm³/mol. The maximum atomic E-state index is 12.4. The number of hydrogen-bond donors (Lipinski definition) is 1. The smallest absolute Gasteiger partial charge is 0.291 e. The third-order valence-corrected chi connectivity index (χ3v) is 5.60. The molecule has 1 N–H and O–H groups in total. The molecule has 1 fully saturated rings. The second kappa shape index (κ2) is 5.46. The van der Waals surface area contributed by atoms with E-state index in [1.807, 2.05) is 0 Å². The minimum atomic E-state index is -3.18. The fourth-order valence-electron chi connectivity index (χ4n) is 2.50. The van der Waals surface area contributed by atoms with Gasteiger partial charge in [0.2, 0.25) is 0 Å². The van der Waals surface area contributed by atoms with Gasteiger partial charge in [0, 0.05) is 12.0 Å². The molecule has 0 bridgehead atoms. The van der Waals surface area contributed by atoms with Crippen molar-refractivity contribution in [3.63, 3.8) is 0 Å². The van der Waals surface area contributed by atoms with Gasteiger partial charge in [-0.3, -0.25) is 4.79 Å². The Morgan fingerprint density at radius 1 is 1.43 bits per heavy atom.